The SMILES string of the molecule is COC(=O)c1ccc(CNC(=O)c2cnc(N3CCc4ncccc4C3)c(C)c2)cn1. The van der Waals surface area contributed by atoms with Crippen molar-refractivity contribution in [2.24, 2.45) is 0 Å². The van der Waals surface area contributed by atoms with E-state index in [1.807, 2.05) is 25.3 Å². The lowest BCUT2D eigenvalue weighted by atomic mass is 10.0. The van der Waals surface area contributed by atoms with Crippen LogP contribution < -0.4 is 10.2 Å². The Hall–Kier alpha value is -3.81. The van der Waals surface area contributed by atoms with Crippen molar-refractivity contribution in [1.82, 2.24) is 20.3 Å². The molecular formula is C23H23N5O3. The van der Waals surface area contributed by atoms with Crippen molar-refractivity contribution in [2.75, 3.05) is 18.6 Å². The summed E-state index contributed by atoms with van der Waals surface area (Å²) in [5.41, 5.74) is 4.81. The Labute approximate surface area is 180 Å². The molecule has 1 amide bonds. The van der Waals surface area contributed by atoms with Gasteiger partial charge in [0.25, 0.3) is 5.91 Å². The average Bonchev–Trinajstić information content (AvgIpc) is 2.82. The summed E-state index contributed by atoms with van der Waals surface area (Å²) in [5.74, 6) is 0.173. The topological polar surface area (TPSA) is 97.3 Å². The fourth-order valence-corrected chi connectivity index (χ4v) is 3.61. The molecule has 0 spiro atoms. The number of pyridine rings is 3. The lowest BCUT2D eigenvalue weighted by Gasteiger charge is -2.30. The number of amides is 1. The quantitative estimate of drug-likeness (QED) is 0.637. The third kappa shape index (κ3) is 4.53. The number of nitrogens with one attached hydrogen (secondary N) is 1. The highest BCUT2D eigenvalue weighted by atomic mass is 16.5. The molecule has 3 aromatic rings. The first kappa shape index (κ1) is 20.5. The van der Waals surface area contributed by atoms with Crippen LogP contribution in [0.3, 0.4) is 0 Å². The standard InChI is InChI=1S/C23H23N5O3/c1-15-10-18(22(29)27-12-16-5-6-20(25-11-16)23(30)31-2)13-26-21(15)28-9-7-19-17(14-28)4-3-8-24-19/h3-6,8,10-11,13H,7,9,12,14H2,1-2H3,(H,27,29). The molecule has 1 aliphatic heterocycles. The number of aryl methyl sites for hydroxylation is 1. The van der Waals surface area contributed by atoms with Crippen LogP contribution in [-0.4, -0.2) is 40.5 Å². The summed E-state index contributed by atoms with van der Waals surface area (Å²) in [6, 6.07) is 9.21. The minimum Gasteiger partial charge on any atom is -0.464 e. The highest BCUT2D eigenvalue weighted by Crippen LogP contribution is 2.24. The minimum atomic E-state index is -0.495. The first-order valence-electron chi connectivity index (χ1n) is 10.0. The summed E-state index contributed by atoms with van der Waals surface area (Å²) in [4.78, 5) is 39.3. The number of nitrogens with zero attached hydrogens (tertiary/aromatic N) is 4. The number of aromatic nitrogens is 3. The van der Waals surface area contributed by atoms with Gasteiger partial charge in [0.05, 0.1) is 12.7 Å². The van der Waals surface area contributed by atoms with Gasteiger partial charge in [-0.15, -0.1) is 0 Å². The van der Waals surface area contributed by atoms with E-state index < -0.39 is 5.97 Å². The van der Waals surface area contributed by atoms with E-state index >= 15 is 0 Å². The Morgan fingerprint density at radius 3 is 2.77 bits per heavy atom. The number of anilines is 1. The second kappa shape index (κ2) is 8.91. The number of rotatable bonds is 5. The highest BCUT2D eigenvalue weighted by molar-refractivity contribution is 5.94. The highest BCUT2D eigenvalue weighted by Gasteiger charge is 2.20. The summed E-state index contributed by atoms with van der Waals surface area (Å²) >= 11 is 0. The van der Waals surface area contributed by atoms with Gasteiger partial charge in [0.15, 0.2) is 0 Å². The van der Waals surface area contributed by atoms with Gasteiger partial charge >= 0.3 is 5.97 Å². The van der Waals surface area contributed by atoms with Crippen LogP contribution in [0.5, 0.6) is 0 Å². The normalized spacial score (nSPS) is 12.8. The van der Waals surface area contributed by atoms with Gasteiger partial charge in [0.1, 0.15) is 11.5 Å². The molecule has 0 unspecified atom stereocenters. The summed E-state index contributed by atoms with van der Waals surface area (Å²) in [6.45, 7) is 3.87. The molecular weight excluding hydrogens is 394 g/mol. The number of hydrogen-bond acceptors (Lipinski definition) is 7. The van der Waals surface area contributed by atoms with Crippen LogP contribution in [0, 0.1) is 6.92 Å². The largest absolute Gasteiger partial charge is 0.464 e. The zero-order valence-electron chi connectivity index (χ0n) is 17.5. The van der Waals surface area contributed by atoms with E-state index in [-0.39, 0.29) is 11.6 Å². The Kier molecular flexibility index (Phi) is 5.88. The lowest BCUT2D eigenvalue weighted by molar-refractivity contribution is 0.0593. The van der Waals surface area contributed by atoms with E-state index in [9.17, 15) is 9.59 Å². The van der Waals surface area contributed by atoms with Crippen molar-refractivity contribution in [1.29, 1.82) is 0 Å². The van der Waals surface area contributed by atoms with E-state index in [4.69, 9.17) is 0 Å². The van der Waals surface area contributed by atoms with Crippen molar-refractivity contribution in [3.05, 3.63) is 82.6 Å². The number of carbonyl (C=O) groups is 2. The predicted octanol–water partition coefficient (Wildman–Crippen LogP) is 2.46. The lowest BCUT2D eigenvalue weighted by Crippen LogP contribution is -2.32. The molecule has 0 saturated heterocycles. The van der Waals surface area contributed by atoms with Gasteiger partial charge in [0.2, 0.25) is 0 Å². The maximum atomic E-state index is 12.6. The van der Waals surface area contributed by atoms with Crippen LogP contribution in [-0.2, 0) is 24.2 Å². The number of carbonyl (C=O) groups excluding carboxylic acids is 2. The molecule has 4 rings (SSSR count). The van der Waals surface area contributed by atoms with E-state index in [2.05, 4.69) is 36.0 Å². The van der Waals surface area contributed by atoms with Gasteiger partial charge in [-0.05, 0) is 41.8 Å². The smallest absolute Gasteiger partial charge is 0.356 e. The molecule has 0 bridgehead atoms. The molecule has 0 radical (unpaired) electrons. The molecule has 1 N–H and O–H groups in total. The van der Waals surface area contributed by atoms with Gasteiger partial charge in [-0.25, -0.2) is 14.8 Å². The van der Waals surface area contributed by atoms with E-state index in [0.717, 1.165) is 42.1 Å². The molecule has 158 valence electrons. The molecule has 31 heavy (non-hydrogen) atoms. The predicted molar refractivity (Wildman–Crippen MR) is 115 cm³/mol. The van der Waals surface area contributed by atoms with Crippen LogP contribution in [0.15, 0.2) is 48.9 Å². The van der Waals surface area contributed by atoms with Gasteiger partial charge < -0.3 is 15.0 Å². The Bertz CT molecular complexity index is 1110. The zero-order chi connectivity index (χ0) is 21.8. The molecule has 3 aromatic heterocycles. The fourth-order valence-electron chi connectivity index (χ4n) is 3.61. The molecule has 8 heteroatoms. The average molecular weight is 417 g/mol. The molecule has 8 nitrogen and oxygen atoms in total. The van der Waals surface area contributed by atoms with Crippen LogP contribution in [0.2, 0.25) is 0 Å². The molecule has 0 atom stereocenters. The van der Waals surface area contributed by atoms with Gasteiger partial charge in [-0.3, -0.25) is 9.78 Å². The summed E-state index contributed by atoms with van der Waals surface area (Å²) in [6.07, 6.45) is 5.86. The van der Waals surface area contributed by atoms with E-state index in [1.54, 1.807) is 24.5 Å². The molecule has 4 heterocycles. The molecule has 0 saturated carbocycles. The van der Waals surface area contributed by atoms with Gasteiger partial charge in [-0.2, -0.15) is 0 Å². The summed E-state index contributed by atoms with van der Waals surface area (Å²) in [7, 11) is 1.31. The summed E-state index contributed by atoms with van der Waals surface area (Å²) < 4.78 is 4.63. The monoisotopic (exact) mass is 417 g/mol. The van der Waals surface area contributed by atoms with Crippen LogP contribution >= 0.6 is 0 Å². The maximum Gasteiger partial charge on any atom is 0.356 e. The molecule has 0 aliphatic carbocycles. The van der Waals surface area contributed by atoms with Crippen LogP contribution in [0.25, 0.3) is 0 Å². The van der Waals surface area contributed by atoms with Crippen molar-refractivity contribution in [3.8, 4) is 0 Å². The van der Waals surface area contributed by atoms with Crippen molar-refractivity contribution in [3.63, 3.8) is 0 Å². The molecule has 0 aromatic carbocycles. The number of hydrogen-bond donors (Lipinski definition) is 1. The fraction of sp³-hybridized carbons (Fsp3) is 0.261. The van der Waals surface area contributed by atoms with Crippen LogP contribution in [0.1, 0.15) is 43.2 Å². The van der Waals surface area contributed by atoms with E-state index in [1.165, 1.54) is 12.7 Å². The maximum absolute atomic E-state index is 12.6. The second-order valence-electron chi connectivity index (χ2n) is 7.37. The second-order valence-corrected chi connectivity index (χ2v) is 7.37. The number of methoxy groups -OCH3 is 1. The van der Waals surface area contributed by atoms with Crippen molar-refractivity contribution < 1.29 is 14.3 Å². The van der Waals surface area contributed by atoms with E-state index in [0.29, 0.717) is 12.1 Å². The number of fused-ring (bicyclic) bond motifs is 1. The van der Waals surface area contributed by atoms with Crippen molar-refractivity contribution >= 4 is 17.7 Å². The first-order chi connectivity index (χ1) is 15.0. The zero-order valence-corrected chi connectivity index (χ0v) is 17.5. The Morgan fingerprint density at radius 1 is 1.16 bits per heavy atom. The molecule has 0 fully saturated rings. The first-order valence-corrected chi connectivity index (χ1v) is 10.0. The summed E-state index contributed by atoms with van der Waals surface area (Å²) in [5, 5.41) is 2.86. The number of ether oxygens (including phenoxy) is 1. The van der Waals surface area contributed by atoms with Crippen LogP contribution in [0.4, 0.5) is 5.82 Å². The van der Waals surface area contributed by atoms with Crippen molar-refractivity contribution in [2.45, 2.75) is 26.4 Å². The van der Waals surface area contributed by atoms with Gasteiger partial charge in [0, 0.05) is 50.3 Å². The van der Waals surface area contributed by atoms with Gasteiger partial charge in [-0.1, -0.05) is 12.1 Å². The Balaban J connectivity index is 1.40. The minimum absolute atomic E-state index is 0.215. The third-order valence-corrected chi connectivity index (χ3v) is 5.25. The number of esters is 1. The third-order valence-electron chi connectivity index (χ3n) is 5.25. The Morgan fingerprint density at radius 2 is 2.03 bits per heavy atom. The molecule has 1 aliphatic rings.